The number of nitrogens with zero attached hydrogens (tertiary/aromatic N) is 1. The number of carboxylic acids is 1. The van der Waals surface area contributed by atoms with Crippen LogP contribution in [0.3, 0.4) is 0 Å². The van der Waals surface area contributed by atoms with Crippen LogP contribution in [-0.2, 0) is 21.2 Å². The Morgan fingerprint density at radius 3 is 2.38 bits per heavy atom. The van der Waals surface area contributed by atoms with Crippen LogP contribution in [0.4, 0.5) is 10.1 Å². The van der Waals surface area contributed by atoms with Gasteiger partial charge in [0.1, 0.15) is 5.82 Å². The van der Waals surface area contributed by atoms with E-state index < -0.39 is 21.8 Å². The first-order valence-corrected chi connectivity index (χ1v) is 12.2. The van der Waals surface area contributed by atoms with Crippen molar-refractivity contribution in [2.45, 2.75) is 18.2 Å². The standard InChI is InChI=1S/C26H21ClFNO4S/c1-16-19(13-25(30)31)12-18-6-9-21(28)15-24(18)26(16)17-7-10-23(11-8-17)34(32,33)29(2)22-5-3-4-20(27)14-22/h3-12,14-15H,13H2,1-2H3,(H,30,31). The van der Waals surface area contributed by atoms with Crippen LogP contribution in [-0.4, -0.2) is 26.5 Å². The summed E-state index contributed by atoms with van der Waals surface area (Å²) >= 11 is 6.01. The van der Waals surface area contributed by atoms with Crippen molar-refractivity contribution >= 4 is 44.1 Å². The Kier molecular flexibility index (Phi) is 6.34. The minimum atomic E-state index is -3.85. The summed E-state index contributed by atoms with van der Waals surface area (Å²) in [5.74, 6) is -1.39. The molecule has 0 bridgehead atoms. The fourth-order valence-corrected chi connectivity index (χ4v) is 5.38. The lowest BCUT2D eigenvalue weighted by Gasteiger charge is -2.20. The largest absolute Gasteiger partial charge is 0.481 e. The Morgan fingerprint density at radius 1 is 1.03 bits per heavy atom. The summed E-state index contributed by atoms with van der Waals surface area (Å²) < 4.78 is 41.6. The first-order chi connectivity index (χ1) is 16.1. The lowest BCUT2D eigenvalue weighted by molar-refractivity contribution is -0.136. The molecule has 0 aliphatic rings. The molecule has 0 aromatic heterocycles. The lowest BCUT2D eigenvalue weighted by atomic mass is 9.89. The molecule has 0 heterocycles. The molecular formula is C26H21ClFNO4S. The molecule has 0 atom stereocenters. The van der Waals surface area contributed by atoms with Crippen LogP contribution in [0.15, 0.2) is 77.7 Å². The van der Waals surface area contributed by atoms with E-state index in [0.717, 1.165) is 4.31 Å². The lowest BCUT2D eigenvalue weighted by Crippen LogP contribution is -2.26. The number of hydrogen-bond acceptors (Lipinski definition) is 3. The summed E-state index contributed by atoms with van der Waals surface area (Å²) in [6, 6.07) is 18.9. The van der Waals surface area contributed by atoms with E-state index in [9.17, 15) is 22.7 Å². The summed E-state index contributed by atoms with van der Waals surface area (Å²) in [6.45, 7) is 1.79. The number of sulfonamides is 1. The summed E-state index contributed by atoms with van der Waals surface area (Å²) in [4.78, 5) is 11.5. The highest BCUT2D eigenvalue weighted by Crippen LogP contribution is 2.36. The van der Waals surface area contributed by atoms with E-state index in [0.29, 0.717) is 43.7 Å². The summed E-state index contributed by atoms with van der Waals surface area (Å²) in [7, 11) is -2.41. The van der Waals surface area contributed by atoms with Crippen molar-refractivity contribution in [2.75, 3.05) is 11.4 Å². The van der Waals surface area contributed by atoms with Gasteiger partial charge in [0.15, 0.2) is 0 Å². The molecule has 4 rings (SSSR count). The van der Waals surface area contributed by atoms with Crippen LogP contribution >= 0.6 is 11.6 Å². The third kappa shape index (κ3) is 4.49. The number of carbonyl (C=O) groups is 1. The van der Waals surface area contributed by atoms with Crippen LogP contribution < -0.4 is 4.31 Å². The maximum atomic E-state index is 14.1. The maximum absolute atomic E-state index is 14.1. The van der Waals surface area contributed by atoms with E-state index in [1.54, 1.807) is 55.5 Å². The predicted molar refractivity (Wildman–Crippen MR) is 132 cm³/mol. The van der Waals surface area contributed by atoms with Gasteiger partial charge in [0.2, 0.25) is 0 Å². The number of rotatable bonds is 6. The first kappa shape index (κ1) is 23.7. The van der Waals surface area contributed by atoms with Gasteiger partial charge in [0.25, 0.3) is 10.0 Å². The molecule has 34 heavy (non-hydrogen) atoms. The van der Waals surface area contributed by atoms with Gasteiger partial charge in [0, 0.05) is 12.1 Å². The highest BCUT2D eigenvalue weighted by atomic mass is 35.5. The SMILES string of the molecule is Cc1c(CC(=O)O)cc2ccc(F)cc2c1-c1ccc(S(=O)(=O)N(C)c2cccc(Cl)c2)cc1. The van der Waals surface area contributed by atoms with Crippen molar-refractivity contribution in [3.63, 3.8) is 0 Å². The van der Waals surface area contributed by atoms with Crippen molar-refractivity contribution in [3.8, 4) is 11.1 Å². The monoisotopic (exact) mass is 497 g/mol. The first-order valence-electron chi connectivity index (χ1n) is 10.4. The molecule has 0 spiro atoms. The van der Waals surface area contributed by atoms with Crippen molar-refractivity contribution in [3.05, 3.63) is 94.8 Å². The molecule has 0 fully saturated rings. The summed E-state index contributed by atoms with van der Waals surface area (Å²) in [5.41, 5.74) is 3.06. The molecular weight excluding hydrogens is 477 g/mol. The normalized spacial score (nSPS) is 11.5. The number of fused-ring (bicyclic) bond motifs is 1. The van der Waals surface area contributed by atoms with Gasteiger partial charge in [-0.2, -0.15) is 0 Å². The highest BCUT2D eigenvalue weighted by molar-refractivity contribution is 7.92. The van der Waals surface area contributed by atoms with E-state index in [4.69, 9.17) is 11.6 Å². The van der Waals surface area contributed by atoms with Crippen molar-refractivity contribution < 1.29 is 22.7 Å². The number of carboxylic acid groups (broad SMARTS) is 1. The van der Waals surface area contributed by atoms with Crippen LogP contribution in [0.2, 0.25) is 5.02 Å². The molecule has 8 heteroatoms. The predicted octanol–water partition coefficient (Wildman–Crippen LogP) is 6.06. The quantitative estimate of drug-likeness (QED) is 0.351. The van der Waals surface area contributed by atoms with Gasteiger partial charge >= 0.3 is 5.97 Å². The molecule has 4 aromatic carbocycles. The van der Waals surface area contributed by atoms with E-state index in [2.05, 4.69) is 0 Å². The Morgan fingerprint density at radius 2 is 1.74 bits per heavy atom. The van der Waals surface area contributed by atoms with Gasteiger partial charge in [-0.1, -0.05) is 41.9 Å². The summed E-state index contributed by atoms with van der Waals surface area (Å²) in [5, 5.41) is 11.1. The van der Waals surface area contributed by atoms with Crippen LogP contribution in [0.1, 0.15) is 11.1 Å². The van der Waals surface area contributed by atoms with E-state index >= 15 is 0 Å². The maximum Gasteiger partial charge on any atom is 0.307 e. The second-order valence-electron chi connectivity index (χ2n) is 7.95. The Balaban J connectivity index is 1.81. The Bertz CT molecular complexity index is 1520. The number of hydrogen-bond donors (Lipinski definition) is 1. The smallest absolute Gasteiger partial charge is 0.307 e. The molecule has 0 saturated carbocycles. The van der Waals surface area contributed by atoms with Gasteiger partial charge in [-0.3, -0.25) is 9.10 Å². The van der Waals surface area contributed by atoms with Crippen LogP contribution in [0.25, 0.3) is 21.9 Å². The molecule has 0 unspecified atom stereocenters. The van der Waals surface area contributed by atoms with E-state index in [-0.39, 0.29) is 11.3 Å². The number of aliphatic carboxylic acids is 1. The van der Waals surface area contributed by atoms with E-state index in [1.807, 2.05) is 0 Å². The second-order valence-corrected chi connectivity index (χ2v) is 10.4. The molecule has 0 radical (unpaired) electrons. The molecule has 1 N–H and O–H groups in total. The minimum Gasteiger partial charge on any atom is -0.481 e. The van der Waals surface area contributed by atoms with Crippen LogP contribution in [0, 0.1) is 12.7 Å². The van der Waals surface area contributed by atoms with Gasteiger partial charge in [-0.15, -0.1) is 0 Å². The second kappa shape index (κ2) is 9.08. The molecule has 0 aliphatic heterocycles. The zero-order valence-corrected chi connectivity index (χ0v) is 20.0. The molecule has 174 valence electrons. The van der Waals surface area contributed by atoms with Gasteiger partial charge in [0.05, 0.1) is 17.0 Å². The average Bonchev–Trinajstić information content (AvgIpc) is 2.79. The fraction of sp³-hybridized carbons (Fsp3) is 0.115. The molecule has 0 amide bonds. The molecule has 0 aliphatic carbocycles. The molecule has 0 saturated heterocycles. The molecule has 5 nitrogen and oxygen atoms in total. The van der Waals surface area contributed by atoms with Crippen molar-refractivity contribution in [1.29, 1.82) is 0 Å². The third-order valence-corrected chi connectivity index (χ3v) is 7.82. The average molecular weight is 498 g/mol. The van der Waals surface area contributed by atoms with Gasteiger partial charge in [-0.05, 0) is 82.4 Å². The number of anilines is 1. The zero-order valence-electron chi connectivity index (χ0n) is 18.4. The Labute approximate surface area is 202 Å². The highest BCUT2D eigenvalue weighted by Gasteiger charge is 2.22. The number of benzene rings is 4. The number of halogens is 2. The van der Waals surface area contributed by atoms with Crippen molar-refractivity contribution in [2.24, 2.45) is 0 Å². The van der Waals surface area contributed by atoms with Gasteiger partial charge < -0.3 is 5.11 Å². The van der Waals surface area contributed by atoms with Crippen molar-refractivity contribution in [1.82, 2.24) is 0 Å². The minimum absolute atomic E-state index is 0.0774. The zero-order chi connectivity index (χ0) is 24.6. The topological polar surface area (TPSA) is 74.7 Å². The van der Waals surface area contributed by atoms with Crippen LogP contribution in [0.5, 0.6) is 0 Å². The molecule has 4 aromatic rings. The Hall–Kier alpha value is -3.42. The van der Waals surface area contributed by atoms with Gasteiger partial charge in [-0.25, -0.2) is 12.8 Å². The third-order valence-electron chi connectivity index (χ3n) is 5.79. The summed E-state index contributed by atoms with van der Waals surface area (Å²) in [6.07, 6.45) is -0.178. The van der Waals surface area contributed by atoms with E-state index in [1.165, 1.54) is 31.3 Å². The fourth-order valence-electron chi connectivity index (χ4n) is 4.01.